The lowest BCUT2D eigenvalue weighted by atomic mass is 10.0. The molecule has 0 saturated carbocycles. The van der Waals surface area contributed by atoms with Crippen molar-refractivity contribution >= 4 is 35.6 Å². The summed E-state index contributed by atoms with van der Waals surface area (Å²) in [6.45, 7) is 2.61. The molecule has 33 heavy (non-hydrogen) atoms. The smallest absolute Gasteiger partial charge is 0.326 e. The molecule has 0 aromatic heterocycles. The molecule has 10 N–H and O–H groups in total. The first-order valence-electron chi connectivity index (χ1n) is 10.3. The van der Waals surface area contributed by atoms with Gasteiger partial charge in [-0.2, -0.15) is 0 Å². The van der Waals surface area contributed by atoms with Crippen LogP contribution >= 0.6 is 0 Å². The van der Waals surface area contributed by atoms with E-state index in [1.807, 2.05) is 0 Å². The van der Waals surface area contributed by atoms with Crippen LogP contribution in [0.15, 0.2) is 0 Å². The highest BCUT2D eigenvalue weighted by molar-refractivity contribution is 5.94. The minimum Gasteiger partial charge on any atom is -0.481 e. The monoisotopic (exact) mass is 475 g/mol. The molecule has 0 rings (SSSR count). The molecule has 14 nitrogen and oxygen atoms in total. The van der Waals surface area contributed by atoms with E-state index in [0.29, 0.717) is 0 Å². The number of primary amides is 1. The van der Waals surface area contributed by atoms with E-state index in [1.165, 1.54) is 0 Å². The third-order valence-electron chi connectivity index (χ3n) is 4.46. The van der Waals surface area contributed by atoms with Crippen LogP contribution in [0.2, 0.25) is 0 Å². The number of hydrogen-bond donors (Lipinski definition) is 8. The van der Waals surface area contributed by atoms with Crippen molar-refractivity contribution in [3.63, 3.8) is 0 Å². The van der Waals surface area contributed by atoms with Crippen molar-refractivity contribution in [3.05, 3.63) is 0 Å². The van der Waals surface area contributed by atoms with Gasteiger partial charge >= 0.3 is 11.9 Å². The fraction of sp³-hybridized carbons (Fsp3) is 0.684. The Bertz CT molecular complexity index is 728. The zero-order chi connectivity index (χ0) is 25.7. The molecule has 14 heteroatoms. The Kier molecular flexibility index (Phi) is 13.3. The maximum absolute atomic E-state index is 12.6. The first-order valence-corrected chi connectivity index (χ1v) is 10.3. The molecule has 0 heterocycles. The summed E-state index contributed by atoms with van der Waals surface area (Å²) in [5.74, 6) is -6.13. The number of carbonyl (C=O) groups is 6. The molecule has 4 amide bonds. The van der Waals surface area contributed by atoms with Crippen LogP contribution in [0.3, 0.4) is 0 Å². The van der Waals surface area contributed by atoms with Crippen molar-refractivity contribution in [2.24, 2.45) is 17.4 Å². The lowest BCUT2D eigenvalue weighted by Crippen LogP contribution is -2.58. The molecule has 4 atom stereocenters. The quantitative estimate of drug-likeness (QED) is 0.112. The summed E-state index contributed by atoms with van der Waals surface area (Å²) in [6.07, 6.45) is -1.07. The number of carboxylic acid groups (broad SMARTS) is 2. The number of carbonyl (C=O) groups excluding carboxylic acids is 4. The molecule has 0 fully saturated rings. The Morgan fingerprint density at radius 2 is 1.30 bits per heavy atom. The van der Waals surface area contributed by atoms with Gasteiger partial charge in [0.25, 0.3) is 0 Å². The van der Waals surface area contributed by atoms with Gasteiger partial charge in [-0.1, -0.05) is 13.8 Å². The fourth-order valence-corrected chi connectivity index (χ4v) is 2.68. The Morgan fingerprint density at radius 3 is 1.76 bits per heavy atom. The highest BCUT2D eigenvalue weighted by Gasteiger charge is 2.30. The summed E-state index contributed by atoms with van der Waals surface area (Å²) in [6, 6.07) is -5.45. The Morgan fingerprint density at radius 1 is 0.788 bits per heavy atom. The molecule has 0 saturated heterocycles. The van der Waals surface area contributed by atoms with Crippen LogP contribution < -0.4 is 27.4 Å². The zero-order valence-electron chi connectivity index (χ0n) is 18.6. The molecule has 0 aliphatic rings. The van der Waals surface area contributed by atoms with Crippen molar-refractivity contribution in [1.82, 2.24) is 16.0 Å². The fourth-order valence-electron chi connectivity index (χ4n) is 2.68. The van der Waals surface area contributed by atoms with Crippen molar-refractivity contribution < 1.29 is 44.1 Å². The standard InChI is InChI=1S/C19H33N5O9/c1-9(2)7-12(19(32)33)23-17(30)11(4-6-15(27)28)22-18(31)13(8-25)24-16(29)10(20)3-5-14(21)26/h9-13,25H,3-8,20H2,1-2H3,(H2,21,26)(H,22,31)(H,23,30)(H,24,29)(H,27,28)(H,32,33). The van der Waals surface area contributed by atoms with Gasteiger partial charge in [-0.25, -0.2) is 4.79 Å². The van der Waals surface area contributed by atoms with Crippen LogP contribution in [-0.4, -0.2) is 81.7 Å². The number of amides is 4. The minimum absolute atomic E-state index is 0.0776. The molecule has 0 aliphatic carbocycles. The van der Waals surface area contributed by atoms with Crippen molar-refractivity contribution in [1.29, 1.82) is 0 Å². The Labute approximate surface area is 190 Å². The van der Waals surface area contributed by atoms with E-state index in [4.69, 9.17) is 16.6 Å². The van der Waals surface area contributed by atoms with Gasteiger partial charge < -0.3 is 42.7 Å². The third kappa shape index (κ3) is 12.4. The molecule has 0 aromatic carbocycles. The number of hydrogen-bond acceptors (Lipinski definition) is 8. The Balaban J connectivity index is 5.30. The van der Waals surface area contributed by atoms with E-state index < -0.39 is 72.8 Å². The topological polar surface area (TPSA) is 251 Å². The van der Waals surface area contributed by atoms with Crippen LogP contribution in [-0.2, 0) is 28.8 Å². The van der Waals surface area contributed by atoms with Gasteiger partial charge in [0.05, 0.1) is 12.6 Å². The van der Waals surface area contributed by atoms with E-state index in [1.54, 1.807) is 13.8 Å². The average molecular weight is 475 g/mol. The van der Waals surface area contributed by atoms with Crippen LogP contribution in [0.25, 0.3) is 0 Å². The molecule has 0 aromatic rings. The van der Waals surface area contributed by atoms with Gasteiger partial charge in [-0.05, 0) is 25.2 Å². The lowest BCUT2D eigenvalue weighted by molar-refractivity contribution is -0.143. The molecular formula is C19H33N5O9. The summed E-state index contributed by atoms with van der Waals surface area (Å²) < 4.78 is 0. The summed E-state index contributed by atoms with van der Waals surface area (Å²) in [5.41, 5.74) is 10.6. The summed E-state index contributed by atoms with van der Waals surface area (Å²) in [4.78, 5) is 70.3. The normalized spacial score (nSPS) is 14.5. The van der Waals surface area contributed by atoms with Gasteiger partial charge in [-0.3, -0.25) is 24.0 Å². The molecule has 4 unspecified atom stereocenters. The molecule has 0 radical (unpaired) electrons. The largest absolute Gasteiger partial charge is 0.481 e. The number of carboxylic acids is 2. The van der Waals surface area contributed by atoms with E-state index >= 15 is 0 Å². The predicted molar refractivity (Wildman–Crippen MR) is 113 cm³/mol. The third-order valence-corrected chi connectivity index (χ3v) is 4.46. The van der Waals surface area contributed by atoms with Gasteiger partial charge in [0, 0.05) is 12.8 Å². The van der Waals surface area contributed by atoms with E-state index in [-0.39, 0.29) is 31.6 Å². The van der Waals surface area contributed by atoms with Gasteiger partial charge in [0.2, 0.25) is 23.6 Å². The van der Waals surface area contributed by atoms with Gasteiger partial charge in [0.15, 0.2) is 0 Å². The number of aliphatic hydroxyl groups is 1. The number of rotatable bonds is 16. The van der Waals surface area contributed by atoms with Gasteiger partial charge in [0.1, 0.15) is 18.1 Å². The van der Waals surface area contributed by atoms with Crippen molar-refractivity contribution in [2.75, 3.05) is 6.61 Å². The molecule has 188 valence electrons. The first-order chi connectivity index (χ1) is 15.3. The minimum atomic E-state index is -1.54. The van der Waals surface area contributed by atoms with E-state index in [0.717, 1.165) is 0 Å². The molecule has 0 bridgehead atoms. The molecular weight excluding hydrogens is 442 g/mol. The number of nitrogens with one attached hydrogen (secondary N) is 3. The number of aliphatic carboxylic acids is 2. The Hall–Kier alpha value is -3.26. The van der Waals surface area contributed by atoms with Crippen molar-refractivity contribution in [2.45, 2.75) is 70.1 Å². The molecule has 0 spiro atoms. The maximum atomic E-state index is 12.6. The van der Waals surface area contributed by atoms with Crippen LogP contribution in [0, 0.1) is 5.92 Å². The summed E-state index contributed by atoms with van der Waals surface area (Å²) >= 11 is 0. The SMILES string of the molecule is CC(C)CC(NC(=O)C(CCC(=O)O)NC(=O)C(CO)NC(=O)C(N)CCC(N)=O)C(=O)O. The van der Waals surface area contributed by atoms with Crippen LogP contribution in [0.5, 0.6) is 0 Å². The zero-order valence-corrected chi connectivity index (χ0v) is 18.6. The van der Waals surface area contributed by atoms with Crippen LogP contribution in [0.4, 0.5) is 0 Å². The van der Waals surface area contributed by atoms with Crippen LogP contribution in [0.1, 0.15) is 46.0 Å². The summed E-state index contributed by atoms with van der Waals surface area (Å²) in [7, 11) is 0. The maximum Gasteiger partial charge on any atom is 0.326 e. The number of nitrogens with two attached hydrogens (primary N) is 2. The van der Waals surface area contributed by atoms with E-state index in [9.17, 15) is 39.0 Å². The van der Waals surface area contributed by atoms with E-state index in [2.05, 4.69) is 16.0 Å². The second-order valence-corrected chi connectivity index (χ2v) is 7.88. The molecule has 0 aliphatic heterocycles. The average Bonchev–Trinajstić information content (AvgIpc) is 2.71. The highest BCUT2D eigenvalue weighted by Crippen LogP contribution is 2.07. The van der Waals surface area contributed by atoms with Gasteiger partial charge in [-0.15, -0.1) is 0 Å². The number of aliphatic hydroxyl groups excluding tert-OH is 1. The lowest BCUT2D eigenvalue weighted by Gasteiger charge is -2.24. The predicted octanol–water partition coefficient (Wildman–Crippen LogP) is -2.98. The summed E-state index contributed by atoms with van der Waals surface area (Å²) in [5, 5.41) is 34.3. The second-order valence-electron chi connectivity index (χ2n) is 7.88. The highest BCUT2D eigenvalue weighted by atomic mass is 16.4. The second kappa shape index (κ2) is 14.7. The van der Waals surface area contributed by atoms with Crippen molar-refractivity contribution in [3.8, 4) is 0 Å². The first kappa shape index (κ1) is 29.7.